The summed E-state index contributed by atoms with van der Waals surface area (Å²) >= 11 is 0. The molecule has 1 aromatic carbocycles. The van der Waals surface area contributed by atoms with Crippen LogP contribution in [0.2, 0.25) is 0 Å². The van der Waals surface area contributed by atoms with Crippen molar-refractivity contribution in [3.63, 3.8) is 0 Å². The van der Waals surface area contributed by atoms with Gasteiger partial charge in [-0.1, -0.05) is 0 Å². The molecular weight excluding hydrogens is 200 g/mol. The number of hydrogen-bond acceptors (Lipinski definition) is 2. The van der Waals surface area contributed by atoms with Crippen molar-refractivity contribution in [3.05, 3.63) is 23.8 Å². The van der Waals surface area contributed by atoms with Gasteiger partial charge >= 0.3 is 0 Å². The second-order valence-electron chi connectivity index (χ2n) is 3.77. The summed E-state index contributed by atoms with van der Waals surface area (Å²) < 4.78 is 31.6. The van der Waals surface area contributed by atoms with Crippen LogP contribution in [0.15, 0.2) is 12.1 Å². The molecule has 1 saturated carbocycles. The van der Waals surface area contributed by atoms with Gasteiger partial charge in [0.15, 0.2) is 11.6 Å². The fraction of sp³-hybridized carbons (Fsp3) is 0.455. The molecule has 0 atom stereocenters. The molecule has 0 bridgehead atoms. The van der Waals surface area contributed by atoms with E-state index < -0.39 is 11.6 Å². The third-order valence-electron chi connectivity index (χ3n) is 2.44. The molecule has 1 aromatic rings. The topological polar surface area (TPSA) is 21.3 Å². The molecule has 2 rings (SSSR count). The van der Waals surface area contributed by atoms with E-state index in [1.165, 1.54) is 6.07 Å². The number of ether oxygens (including phenoxy) is 1. The van der Waals surface area contributed by atoms with E-state index in [1.54, 1.807) is 7.05 Å². The Labute approximate surface area is 87.2 Å². The summed E-state index contributed by atoms with van der Waals surface area (Å²) in [5.74, 6) is -0.597. The number of anilines is 1. The molecule has 0 heterocycles. The Morgan fingerprint density at radius 2 is 2.13 bits per heavy atom. The molecule has 1 fully saturated rings. The van der Waals surface area contributed by atoms with Crippen molar-refractivity contribution in [2.24, 2.45) is 5.92 Å². The van der Waals surface area contributed by atoms with Crippen molar-refractivity contribution < 1.29 is 13.5 Å². The number of hydrogen-bond donors (Lipinski definition) is 1. The van der Waals surface area contributed by atoms with Gasteiger partial charge in [0, 0.05) is 19.2 Å². The maximum atomic E-state index is 13.4. The van der Waals surface area contributed by atoms with Crippen molar-refractivity contribution in [2.45, 2.75) is 12.8 Å². The van der Waals surface area contributed by atoms with Crippen LogP contribution in [-0.4, -0.2) is 13.7 Å². The van der Waals surface area contributed by atoms with Gasteiger partial charge in [-0.25, -0.2) is 8.78 Å². The third kappa shape index (κ3) is 2.37. The maximum absolute atomic E-state index is 13.4. The van der Waals surface area contributed by atoms with Gasteiger partial charge in [0.05, 0.1) is 12.3 Å². The lowest BCUT2D eigenvalue weighted by atomic mass is 10.2. The summed E-state index contributed by atoms with van der Waals surface area (Å²) in [6.45, 7) is 0.511. The fourth-order valence-electron chi connectivity index (χ4n) is 1.38. The molecule has 1 N–H and O–H groups in total. The van der Waals surface area contributed by atoms with E-state index in [0.29, 0.717) is 18.2 Å². The first-order chi connectivity index (χ1) is 7.20. The van der Waals surface area contributed by atoms with E-state index in [4.69, 9.17) is 4.74 Å². The summed E-state index contributed by atoms with van der Waals surface area (Å²) in [6.07, 6.45) is 2.27. The number of benzene rings is 1. The highest BCUT2D eigenvalue weighted by molar-refractivity contribution is 5.56. The molecule has 2 nitrogen and oxygen atoms in total. The van der Waals surface area contributed by atoms with Crippen molar-refractivity contribution in [2.75, 3.05) is 19.0 Å². The molecular formula is C11H13F2NO. The van der Waals surface area contributed by atoms with Crippen LogP contribution in [0.4, 0.5) is 14.5 Å². The summed E-state index contributed by atoms with van der Waals surface area (Å²) in [4.78, 5) is 0. The second-order valence-corrected chi connectivity index (χ2v) is 3.77. The van der Waals surface area contributed by atoms with Crippen LogP contribution in [0.25, 0.3) is 0 Å². The SMILES string of the molecule is CNc1cc(F)cc(F)c1OCC1CC1. The number of halogens is 2. The van der Waals surface area contributed by atoms with E-state index in [9.17, 15) is 8.78 Å². The minimum Gasteiger partial charge on any atom is -0.488 e. The second kappa shape index (κ2) is 4.04. The predicted molar refractivity (Wildman–Crippen MR) is 54.1 cm³/mol. The van der Waals surface area contributed by atoms with Crippen LogP contribution in [-0.2, 0) is 0 Å². The first-order valence-corrected chi connectivity index (χ1v) is 5.00. The average molecular weight is 213 g/mol. The summed E-state index contributed by atoms with van der Waals surface area (Å²) in [6, 6.07) is 2.06. The fourth-order valence-corrected chi connectivity index (χ4v) is 1.38. The Bertz CT molecular complexity index is 364. The van der Waals surface area contributed by atoms with E-state index in [-0.39, 0.29) is 5.75 Å². The first kappa shape index (κ1) is 10.2. The zero-order valence-electron chi connectivity index (χ0n) is 8.52. The molecule has 0 aliphatic heterocycles. The standard InChI is InChI=1S/C11H13F2NO/c1-14-10-5-8(12)4-9(13)11(10)15-6-7-2-3-7/h4-5,7,14H,2-3,6H2,1H3. The van der Waals surface area contributed by atoms with Gasteiger partial charge in [0.1, 0.15) is 5.82 Å². The lowest BCUT2D eigenvalue weighted by molar-refractivity contribution is 0.286. The normalized spacial score (nSPS) is 15.1. The molecule has 1 aliphatic carbocycles. The van der Waals surface area contributed by atoms with Crippen LogP contribution in [0.3, 0.4) is 0 Å². The summed E-state index contributed by atoms with van der Waals surface area (Å²) in [5.41, 5.74) is 0.355. The smallest absolute Gasteiger partial charge is 0.178 e. The maximum Gasteiger partial charge on any atom is 0.178 e. The Morgan fingerprint density at radius 1 is 1.40 bits per heavy atom. The lowest BCUT2D eigenvalue weighted by Crippen LogP contribution is -2.04. The van der Waals surface area contributed by atoms with Crippen LogP contribution in [0, 0.1) is 17.6 Å². The highest BCUT2D eigenvalue weighted by Crippen LogP contribution is 2.33. The van der Waals surface area contributed by atoms with E-state index in [2.05, 4.69) is 5.32 Å². The molecule has 0 spiro atoms. The zero-order valence-corrected chi connectivity index (χ0v) is 8.52. The van der Waals surface area contributed by atoms with Gasteiger partial charge in [0.2, 0.25) is 0 Å². The van der Waals surface area contributed by atoms with E-state index in [1.807, 2.05) is 0 Å². The van der Waals surface area contributed by atoms with Crippen LogP contribution in [0.1, 0.15) is 12.8 Å². The molecule has 0 aromatic heterocycles. The number of nitrogens with one attached hydrogen (secondary N) is 1. The van der Waals surface area contributed by atoms with Crippen molar-refractivity contribution in [3.8, 4) is 5.75 Å². The van der Waals surface area contributed by atoms with Crippen LogP contribution in [0.5, 0.6) is 5.75 Å². The van der Waals surface area contributed by atoms with E-state index in [0.717, 1.165) is 18.9 Å². The minimum atomic E-state index is -0.653. The molecule has 0 radical (unpaired) electrons. The van der Waals surface area contributed by atoms with Crippen molar-refractivity contribution >= 4 is 5.69 Å². The minimum absolute atomic E-state index is 0.116. The van der Waals surface area contributed by atoms with E-state index >= 15 is 0 Å². The zero-order chi connectivity index (χ0) is 10.8. The first-order valence-electron chi connectivity index (χ1n) is 5.00. The Balaban J connectivity index is 2.17. The van der Waals surface area contributed by atoms with Gasteiger partial charge in [-0.15, -0.1) is 0 Å². The Morgan fingerprint density at radius 3 is 2.73 bits per heavy atom. The van der Waals surface area contributed by atoms with Crippen LogP contribution < -0.4 is 10.1 Å². The molecule has 0 amide bonds. The third-order valence-corrected chi connectivity index (χ3v) is 2.44. The van der Waals surface area contributed by atoms with Crippen molar-refractivity contribution in [1.82, 2.24) is 0 Å². The Hall–Kier alpha value is -1.32. The monoisotopic (exact) mass is 213 g/mol. The van der Waals surface area contributed by atoms with Crippen molar-refractivity contribution in [1.29, 1.82) is 0 Å². The predicted octanol–water partition coefficient (Wildman–Crippen LogP) is 2.80. The van der Waals surface area contributed by atoms with Crippen LogP contribution >= 0.6 is 0 Å². The Kier molecular flexibility index (Phi) is 2.75. The lowest BCUT2D eigenvalue weighted by Gasteiger charge is -2.11. The molecule has 0 saturated heterocycles. The molecule has 15 heavy (non-hydrogen) atoms. The molecule has 82 valence electrons. The highest BCUT2D eigenvalue weighted by atomic mass is 19.1. The van der Waals surface area contributed by atoms with Gasteiger partial charge < -0.3 is 10.1 Å². The quantitative estimate of drug-likeness (QED) is 0.830. The van der Waals surface area contributed by atoms with Gasteiger partial charge in [-0.05, 0) is 18.8 Å². The largest absolute Gasteiger partial charge is 0.488 e. The summed E-state index contributed by atoms with van der Waals surface area (Å²) in [5, 5.41) is 2.72. The summed E-state index contributed by atoms with van der Waals surface area (Å²) in [7, 11) is 1.61. The van der Waals surface area contributed by atoms with Gasteiger partial charge in [0.25, 0.3) is 0 Å². The molecule has 4 heteroatoms. The molecule has 0 unspecified atom stereocenters. The van der Waals surface area contributed by atoms with Gasteiger partial charge in [-0.2, -0.15) is 0 Å². The average Bonchev–Trinajstić information content (AvgIpc) is 2.99. The molecule has 1 aliphatic rings. The van der Waals surface area contributed by atoms with Gasteiger partial charge in [-0.3, -0.25) is 0 Å². The highest BCUT2D eigenvalue weighted by Gasteiger charge is 2.23. The number of rotatable bonds is 4.